The first kappa shape index (κ1) is 26.4. The first-order chi connectivity index (χ1) is 17.3. The van der Waals surface area contributed by atoms with Crippen LogP contribution in [0.3, 0.4) is 0 Å². The lowest BCUT2D eigenvalue weighted by molar-refractivity contribution is -0.274. The van der Waals surface area contributed by atoms with E-state index in [1.807, 2.05) is 31.2 Å². The minimum absolute atomic E-state index is 0.295. The van der Waals surface area contributed by atoms with Crippen molar-refractivity contribution in [2.75, 3.05) is 52.4 Å². The van der Waals surface area contributed by atoms with Gasteiger partial charge in [-0.05, 0) is 48.9 Å². The number of benzene rings is 1. The summed E-state index contributed by atoms with van der Waals surface area (Å²) in [4.78, 5) is 23.9. The molecule has 0 atom stereocenters. The normalized spacial score (nSPS) is 18.4. The number of hydrogen-bond acceptors (Lipinski definition) is 5. The zero-order valence-corrected chi connectivity index (χ0v) is 21.1. The zero-order chi connectivity index (χ0) is 25.7. The van der Waals surface area contributed by atoms with Gasteiger partial charge in [-0.3, -0.25) is 4.79 Å². The molecule has 2 aliphatic heterocycles. The summed E-state index contributed by atoms with van der Waals surface area (Å²) in [6.45, 7) is 11.6. The van der Waals surface area contributed by atoms with Gasteiger partial charge < -0.3 is 19.4 Å². The van der Waals surface area contributed by atoms with Crippen molar-refractivity contribution in [1.82, 2.24) is 19.7 Å². The number of rotatable bonds is 7. The van der Waals surface area contributed by atoms with E-state index in [-0.39, 0.29) is 5.69 Å². The number of carbonyl (C=O) groups excluding carboxylic acids is 1. The van der Waals surface area contributed by atoms with E-state index in [9.17, 15) is 18.0 Å². The second-order valence-corrected chi connectivity index (χ2v) is 9.64. The van der Waals surface area contributed by atoms with Crippen LogP contribution in [0.1, 0.15) is 42.7 Å². The number of amides is 1. The maximum absolute atomic E-state index is 13.2. The monoisotopic (exact) mass is 504 g/mol. The highest BCUT2D eigenvalue weighted by molar-refractivity contribution is 5.95. The van der Waals surface area contributed by atoms with Crippen LogP contribution in [0.25, 0.3) is 11.1 Å². The van der Waals surface area contributed by atoms with Gasteiger partial charge >= 0.3 is 6.36 Å². The molecule has 3 heterocycles. The molecule has 1 amide bonds. The van der Waals surface area contributed by atoms with E-state index in [1.54, 1.807) is 4.90 Å². The van der Waals surface area contributed by atoms with Crippen LogP contribution < -0.4 is 4.74 Å². The number of halogens is 3. The molecule has 0 radical (unpaired) electrons. The van der Waals surface area contributed by atoms with Gasteiger partial charge in [0, 0.05) is 57.6 Å². The number of aromatic nitrogens is 1. The van der Waals surface area contributed by atoms with Gasteiger partial charge in [0.1, 0.15) is 0 Å². The smallest absolute Gasteiger partial charge is 0.403 e. The average molecular weight is 505 g/mol. The molecule has 0 spiro atoms. The number of likely N-dealkylation sites (tertiary alicyclic amines) is 1. The topological polar surface area (TPSA) is 48.9 Å². The molecule has 2 aromatic rings. The fourth-order valence-electron chi connectivity index (χ4n) is 5.06. The highest BCUT2D eigenvalue weighted by Gasteiger charge is 2.35. The maximum Gasteiger partial charge on any atom is 0.573 e. The zero-order valence-electron chi connectivity index (χ0n) is 21.1. The van der Waals surface area contributed by atoms with Gasteiger partial charge in [0.2, 0.25) is 0 Å². The lowest BCUT2D eigenvalue weighted by Gasteiger charge is -2.38. The number of aryl methyl sites for hydroxylation is 1. The summed E-state index contributed by atoms with van der Waals surface area (Å²) in [5, 5.41) is 0. The standard InChI is InChI=1S/C27H35F3N4O2/c1-3-20-6-5-7-22(16-20)23-17-24(36-27(28,29)30)25(31-18-23)26(35)34-10-8-21(9-11-34)19-33-14-12-32(4-2)13-15-33/h5-7,16-18,21H,3-4,8-15,19H2,1-2H3. The van der Waals surface area contributed by atoms with Gasteiger partial charge in [-0.1, -0.05) is 38.1 Å². The number of likely N-dealkylation sites (N-methyl/N-ethyl adjacent to an activating group) is 1. The number of nitrogens with zero attached hydrogens (tertiary/aromatic N) is 4. The highest BCUT2D eigenvalue weighted by Crippen LogP contribution is 2.32. The van der Waals surface area contributed by atoms with E-state index in [2.05, 4.69) is 26.4 Å². The second kappa shape index (κ2) is 11.6. The predicted octanol–water partition coefficient (Wildman–Crippen LogP) is 4.70. The van der Waals surface area contributed by atoms with Gasteiger partial charge in [0.05, 0.1) is 0 Å². The summed E-state index contributed by atoms with van der Waals surface area (Å²) in [5.41, 5.74) is 1.97. The summed E-state index contributed by atoms with van der Waals surface area (Å²) in [6, 6.07) is 8.79. The molecule has 0 N–H and O–H groups in total. The van der Waals surface area contributed by atoms with Crippen molar-refractivity contribution in [3.8, 4) is 16.9 Å². The Kier molecular flexibility index (Phi) is 8.51. The first-order valence-corrected chi connectivity index (χ1v) is 12.8. The molecular weight excluding hydrogens is 469 g/mol. The van der Waals surface area contributed by atoms with Gasteiger partial charge in [-0.15, -0.1) is 13.2 Å². The van der Waals surface area contributed by atoms with Crippen molar-refractivity contribution >= 4 is 5.91 Å². The Morgan fingerprint density at radius 3 is 2.33 bits per heavy atom. The molecule has 1 aromatic heterocycles. The Hall–Kier alpha value is -2.65. The van der Waals surface area contributed by atoms with Crippen LogP contribution in [0.4, 0.5) is 13.2 Å². The van der Waals surface area contributed by atoms with Gasteiger partial charge in [-0.25, -0.2) is 4.98 Å². The van der Waals surface area contributed by atoms with E-state index >= 15 is 0 Å². The van der Waals surface area contributed by atoms with Crippen molar-refractivity contribution < 1.29 is 22.7 Å². The average Bonchev–Trinajstić information content (AvgIpc) is 2.88. The van der Waals surface area contributed by atoms with Gasteiger partial charge in [0.15, 0.2) is 11.4 Å². The number of hydrogen-bond donors (Lipinski definition) is 0. The first-order valence-electron chi connectivity index (χ1n) is 12.8. The number of pyridine rings is 1. The van der Waals surface area contributed by atoms with E-state index in [4.69, 9.17) is 0 Å². The Balaban J connectivity index is 1.44. The summed E-state index contributed by atoms with van der Waals surface area (Å²) in [5.74, 6) is -0.588. The second-order valence-electron chi connectivity index (χ2n) is 9.64. The van der Waals surface area contributed by atoms with Crippen LogP contribution in [0.5, 0.6) is 5.75 Å². The molecule has 9 heteroatoms. The number of piperazine rings is 1. The van der Waals surface area contributed by atoms with Crippen LogP contribution >= 0.6 is 0 Å². The summed E-state index contributed by atoms with van der Waals surface area (Å²) in [6.07, 6.45) is -1.01. The van der Waals surface area contributed by atoms with Crippen LogP contribution in [-0.2, 0) is 6.42 Å². The lowest BCUT2D eigenvalue weighted by atomic mass is 9.95. The maximum atomic E-state index is 13.2. The largest absolute Gasteiger partial charge is 0.573 e. The van der Waals surface area contributed by atoms with E-state index in [0.29, 0.717) is 24.6 Å². The Morgan fingerprint density at radius 2 is 1.69 bits per heavy atom. The summed E-state index contributed by atoms with van der Waals surface area (Å²) >= 11 is 0. The Morgan fingerprint density at radius 1 is 1.00 bits per heavy atom. The molecule has 2 saturated heterocycles. The molecule has 2 fully saturated rings. The molecule has 0 saturated carbocycles. The minimum atomic E-state index is -4.92. The number of piperidine rings is 1. The molecule has 0 unspecified atom stereocenters. The summed E-state index contributed by atoms with van der Waals surface area (Å²) in [7, 11) is 0. The number of carbonyl (C=O) groups is 1. The van der Waals surface area contributed by atoms with Crippen LogP contribution in [-0.4, -0.2) is 84.3 Å². The number of ether oxygens (including phenoxy) is 1. The summed E-state index contributed by atoms with van der Waals surface area (Å²) < 4.78 is 43.9. The molecule has 196 valence electrons. The molecule has 1 aromatic carbocycles. The van der Waals surface area contributed by atoms with Crippen molar-refractivity contribution in [3.05, 3.63) is 47.8 Å². The molecule has 0 bridgehead atoms. The molecule has 4 rings (SSSR count). The van der Waals surface area contributed by atoms with Gasteiger partial charge in [-0.2, -0.15) is 0 Å². The third kappa shape index (κ3) is 6.76. The van der Waals surface area contributed by atoms with E-state index in [1.165, 1.54) is 12.3 Å². The molecule has 2 aliphatic rings. The fourth-order valence-corrected chi connectivity index (χ4v) is 5.06. The van der Waals surface area contributed by atoms with Gasteiger partial charge in [0.25, 0.3) is 5.91 Å². The van der Waals surface area contributed by atoms with Crippen molar-refractivity contribution in [3.63, 3.8) is 0 Å². The van der Waals surface area contributed by atoms with Crippen molar-refractivity contribution in [2.24, 2.45) is 5.92 Å². The van der Waals surface area contributed by atoms with Crippen molar-refractivity contribution in [1.29, 1.82) is 0 Å². The predicted molar refractivity (Wildman–Crippen MR) is 133 cm³/mol. The van der Waals surface area contributed by atoms with Crippen molar-refractivity contribution in [2.45, 2.75) is 39.5 Å². The Labute approximate surface area is 211 Å². The minimum Gasteiger partial charge on any atom is -0.403 e. The van der Waals surface area contributed by atoms with Crippen LogP contribution in [0, 0.1) is 5.92 Å². The lowest BCUT2D eigenvalue weighted by Crippen LogP contribution is -2.49. The van der Waals surface area contributed by atoms with Crippen LogP contribution in [0.15, 0.2) is 36.5 Å². The molecule has 6 nitrogen and oxygen atoms in total. The SMILES string of the molecule is CCc1cccc(-c2cnc(C(=O)N3CCC(CN4CCN(CC)CC4)CC3)c(OC(F)(F)F)c2)c1. The van der Waals surface area contributed by atoms with Crippen LogP contribution in [0.2, 0.25) is 0 Å². The number of alkyl halides is 3. The third-order valence-electron chi connectivity index (χ3n) is 7.28. The fraction of sp³-hybridized carbons (Fsp3) is 0.556. The highest BCUT2D eigenvalue weighted by atomic mass is 19.4. The quantitative estimate of drug-likeness (QED) is 0.547. The molecular formula is C27H35F3N4O2. The van der Waals surface area contributed by atoms with E-state index < -0.39 is 18.0 Å². The van der Waals surface area contributed by atoms with E-state index in [0.717, 1.165) is 69.7 Å². The molecule has 0 aliphatic carbocycles. The Bertz CT molecular complexity index is 1030. The third-order valence-corrected chi connectivity index (χ3v) is 7.28. The molecule has 36 heavy (non-hydrogen) atoms.